The van der Waals surface area contributed by atoms with Crippen LogP contribution in [-0.4, -0.2) is 57.7 Å². The minimum absolute atomic E-state index is 0. The van der Waals surface area contributed by atoms with Crippen molar-refractivity contribution in [1.82, 2.24) is 9.97 Å². The molecule has 3 saturated heterocycles. The molecular formula is C13H19BrN4O2. The van der Waals surface area contributed by atoms with Crippen LogP contribution >= 0.6 is 0 Å². The van der Waals surface area contributed by atoms with Crippen LogP contribution in [-0.2, 0) is 4.79 Å². The Bertz CT molecular complexity index is 463. The van der Waals surface area contributed by atoms with Gasteiger partial charge >= 0.3 is 0 Å². The minimum Gasteiger partial charge on any atom is -1.00 e. The van der Waals surface area contributed by atoms with Crippen molar-refractivity contribution >= 4 is 11.7 Å². The minimum atomic E-state index is -0.244. The van der Waals surface area contributed by atoms with E-state index in [0.29, 0.717) is 29.3 Å². The van der Waals surface area contributed by atoms with Gasteiger partial charge in [-0.3, -0.25) is 9.78 Å². The van der Waals surface area contributed by atoms with Crippen molar-refractivity contribution in [3.05, 3.63) is 18.6 Å². The van der Waals surface area contributed by atoms with E-state index < -0.39 is 0 Å². The van der Waals surface area contributed by atoms with Crippen LogP contribution in [0.3, 0.4) is 0 Å². The lowest BCUT2D eigenvalue weighted by molar-refractivity contribution is -0.939. The van der Waals surface area contributed by atoms with Crippen LogP contribution < -0.4 is 22.3 Å². The largest absolute Gasteiger partial charge is 1.00 e. The summed E-state index contributed by atoms with van der Waals surface area (Å²) in [5, 5.41) is 12.8. The molecule has 1 unspecified atom stereocenters. The van der Waals surface area contributed by atoms with Crippen molar-refractivity contribution < 1.29 is 31.4 Å². The highest BCUT2D eigenvalue weighted by atomic mass is 79.9. The highest BCUT2D eigenvalue weighted by molar-refractivity contribution is 5.90. The second kappa shape index (κ2) is 6.15. The monoisotopic (exact) mass is 342 g/mol. The van der Waals surface area contributed by atoms with Crippen LogP contribution in [0.2, 0.25) is 0 Å². The fourth-order valence-electron chi connectivity index (χ4n) is 3.32. The van der Waals surface area contributed by atoms with Crippen molar-refractivity contribution in [2.24, 2.45) is 5.92 Å². The molecule has 3 fully saturated rings. The molecule has 110 valence electrons. The molecule has 1 amide bonds. The van der Waals surface area contributed by atoms with Gasteiger partial charge in [0, 0.05) is 31.2 Å². The lowest BCUT2D eigenvalue weighted by atomic mass is 9.83. The number of aliphatic hydroxyl groups is 1. The maximum Gasteiger partial charge on any atom is 0.280 e. The Labute approximate surface area is 128 Å². The number of aliphatic hydroxyl groups excluding tert-OH is 1. The van der Waals surface area contributed by atoms with Gasteiger partial charge in [-0.2, -0.15) is 0 Å². The quantitative estimate of drug-likeness (QED) is 0.575. The third-order valence-electron chi connectivity index (χ3n) is 4.38. The van der Waals surface area contributed by atoms with Crippen LogP contribution in [0.15, 0.2) is 18.6 Å². The molecule has 0 radical (unpaired) electrons. The second-order valence-corrected chi connectivity index (χ2v) is 5.67. The number of hydrogen-bond acceptors (Lipinski definition) is 4. The Morgan fingerprint density at radius 1 is 1.40 bits per heavy atom. The van der Waals surface area contributed by atoms with Gasteiger partial charge in [-0.1, -0.05) is 0 Å². The Morgan fingerprint density at radius 2 is 2.15 bits per heavy atom. The fraction of sp³-hybridized carbons (Fsp3) is 0.615. The van der Waals surface area contributed by atoms with Gasteiger partial charge in [0.2, 0.25) is 0 Å². The van der Waals surface area contributed by atoms with Crippen LogP contribution in [0.25, 0.3) is 0 Å². The molecule has 7 heteroatoms. The van der Waals surface area contributed by atoms with E-state index in [9.17, 15) is 9.90 Å². The van der Waals surface area contributed by atoms with Gasteiger partial charge in [-0.15, -0.1) is 0 Å². The molecule has 4 heterocycles. The first-order chi connectivity index (χ1) is 9.17. The standard InChI is InChI=1S/C13H18N4O2.BrH/c18-11-8-17(5-1-10(11)2-6-17)9-13(19)16-12-7-14-3-4-15-12;/h3-4,7,10-11,18H,1-2,5-6,8-9H2;1H. The van der Waals surface area contributed by atoms with Gasteiger partial charge in [0.15, 0.2) is 12.4 Å². The fourth-order valence-corrected chi connectivity index (χ4v) is 3.32. The lowest BCUT2D eigenvalue weighted by Crippen LogP contribution is -3.00. The van der Waals surface area contributed by atoms with Gasteiger partial charge in [0.05, 0.1) is 19.3 Å². The predicted molar refractivity (Wildman–Crippen MR) is 69.1 cm³/mol. The number of hydrogen-bond donors (Lipinski definition) is 2. The summed E-state index contributed by atoms with van der Waals surface area (Å²) in [5.41, 5.74) is 0. The van der Waals surface area contributed by atoms with Gasteiger partial charge in [-0.25, -0.2) is 4.98 Å². The zero-order valence-corrected chi connectivity index (χ0v) is 12.8. The normalized spacial score (nSPS) is 31.4. The first kappa shape index (κ1) is 15.3. The number of fused-ring (bicyclic) bond motifs is 3. The molecule has 4 rings (SSSR count). The number of carbonyl (C=O) groups is 1. The Balaban J connectivity index is 0.00000147. The molecule has 0 saturated carbocycles. The smallest absolute Gasteiger partial charge is 0.280 e. The van der Waals surface area contributed by atoms with E-state index in [1.54, 1.807) is 12.4 Å². The first-order valence-electron chi connectivity index (χ1n) is 6.76. The molecule has 0 aromatic carbocycles. The average Bonchev–Trinajstić information content (AvgIpc) is 2.40. The predicted octanol–water partition coefficient (Wildman–Crippen LogP) is -2.98. The molecule has 2 bridgehead atoms. The summed E-state index contributed by atoms with van der Waals surface area (Å²) in [5.74, 6) is 0.884. The van der Waals surface area contributed by atoms with E-state index in [1.807, 2.05) is 0 Å². The van der Waals surface area contributed by atoms with Crippen LogP contribution in [0.4, 0.5) is 5.82 Å². The molecule has 3 aliphatic heterocycles. The number of nitrogens with one attached hydrogen (secondary N) is 1. The highest BCUT2D eigenvalue weighted by Crippen LogP contribution is 2.33. The average molecular weight is 343 g/mol. The number of carbonyl (C=O) groups excluding carboxylic acids is 1. The molecule has 3 aliphatic rings. The van der Waals surface area contributed by atoms with Gasteiger partial charge < -0.3 is 31.9 Å². The van der Waals surface area contributed by atoms with Gasteiger partial charge in [-0.05, 0) is 0 Å². The third kappa shape index (κ3) is 3.16. The Kier molecular flexibility index (Phi) is 4.72. The van der Waals surface area contributed by atoms with Crippen molar-refractivity contribution in [1.29, 1.82) is 0 Å². The molecular weight excluding hydrogens is 324 g/mol. The van der Waals surface area contributed by atoms with Crippen molar-refractivity contribution in [3.8, 4) is 0 Å². The maximum absolute atomic E-state index is 12.1. The van der Waals surface area contributed by atoms with Gasteiger partial charge in [0.1, 0.15) is 12.6 Å². The van der Waals surface area contributed by atoms with Crippen LogP contribution in [0.5, 0.6) is 0 Å². The number of nitrogens with zero attached hydrogens (tertiary/aromatic N) is 3. The molecule has 0 aliphatic carbocycles. The number of rotatable bonds is 3. The van der Waals surface area contributed by atoms with Crippen molar-refractivity contribution in [3.63, 3.8) is 0 Å². The molecule has 20 heavy (non-hydrogen) atoms. The number of anilines is 1. The number of piperidine rings is 3. The number of halogens is 1. The van der Waals surface area contributed by atoms with E-state index >= 15 is 0 Å². The highest BCUT2D eigenvalue weighted by Gasteiger charge is 2.46. The molecule has 2 N–H and O–H groups in total. The van der Waals surface area contributed by atoms with E-state index in [4.69, 9.17) is 0 Å². The zero-order chi connectivity index (χ0) is 13.3. The summed E-state index contributed by atoms with van der Waals surface area (Å²) in [6, 6.07) is 0. The molecule has 6 nitrogen and oxygen atoms in total. The summed E-state index contributed by atoms with van der Waals surface area (Å²) < 4.78 is 0.712. The summed E-state index contributed by atoms with van der Waals surface area (Å²) >= 11 is 0. The number of aromatic nitrogens is 2. The molecule has 1 aromatic heterocycles. The molecule has 1 atom stereocenters. The summed E-state index contributed by atoms with van der Waals surface area (Å²) in [6.07, 6.45) is 6.47. The Morgan fingerprint density at radius 3 is 2.75 bits per heavy atom. The SMILES string of the molecule is O=C(C[N+]12CCC(CC1)C(O)C2)Nc1cnccn1.[Br-]. The second-order valence-electron chi connectivity index (χ2n) is 5.67. The van der Waals surface area contributed by atoms with E-state index in [1.165, 1.54) is 6.20 Å². The summed E-state index contributed by atoms with van der Waals surface area (Å²) in [4.78, 5) is 20.0. The van der Waals surface area contributed by atoms with Crippen molar-refractivity contribution in [2.45, 2.75) is 18.9 Å². The number of amides is 1. The molecule has 1 aromatic rings. The van der Waals surface area contributed by atoms with Crippen LogP contribution in [0, 0.1) is 5.92 Å². The zero-order valence-electron chi connectivity index (χ0n) is 11.2. The summed E-state index contributed by atoms with van der Waals surface area (Å²) in [6.45, 7) is 3.12. The lowest BCUT2D eigenvalue weighted by Gasteiger charge is -2.50. The third-order valence-corrected chi connectivity index (χ3v) is 4.38. The van der Waals surface area contributed by atoms with E-state index in [2.05, 4.69) is 15.3 Å². The maximum atomic E-state index is 12.1. The molecule has 0 spiro atoms. The van der Waals surface area contributed by atoms with Crippen LogP contribution in [0.1, 0.15) is 12.8 Å². The first-order valence-corrected chi connectivity index (χ1v) is 6.76. The van der Waals surface area contributed by atoms with E-state index in [0.717, 1.165) is 25.9 Å². The number of quaternary nitrogens is 1. The summed E-state index contributed by atoms with van der Waals surface area (Å²) in [7, 11) is 0. The van der Waals surface area contributed by atoms with Crippen molar-refractivity contribution in [2.75, 3.05) is 31.5 Å². The van der Waals surface area contributed by atoms with Gasteiger partial charge in [0.25, 0.3) is 5.91 Å². The Hall–Kier alpha value is -1.05. The topological polar surface area (TPSA) is 75.1 Å². The van der Waals surface area contributed by atoms with E-state index in [-0.39, 0.29) is 29.0 Å².